The van der Waals surface area contributed by atoms with Gasteiger partial charge in [0.15, 0.2) is 6.23 Å². The van der Waals surface area contributed by atoms with Crippen LogP contribution in [-0.2, 0) is 23.1 Å². The summed E-state index contributed by atoms with van der Waals surface area (Å²) >= 11 is 0. The normalized spacial score (nSPS) is 22.8. The highest BCUT2D eigenvalue weighted by atomic mass is 16.5. The molecule has 1 unspecified atom stereocenters. The third-order valence-electron chi connectivity index (χ3n) is 8.36. The van der Waals surface area contributed by atoms with Crippen LogP contribution in [0.4, 0.5) is 0 Å². The Morgan fingerprint density at radius 3 is 2.67 bits per heavy atom. The maximum atomic E-state index is 9.99. The molecule has 0 aliphatic carbocycles. The highest BCUT2D eigenvalue weighted by Crippen LogP contribution is 2.37. The molecule has 0 spiro atoms. The minimum Gasteiger partial charge on any atom is -0.473 e. The highest BCUT2D eigenvalue weighted by molar-refractivity contribution is 5.91. The Morgan fingerprint density at radius 1 is 1.19 bits per heavy atom. The minimum atomic E-state index is -0.286. The molecule has 0 fully saturated rings. The van der Waals surface area contributed by atoms with E-state index in [0.717, 1.165) is 57.1 Å². The Balaban J connectivity index is 1.76. The second-order valence-electron chi connectivity index (χ2n) is 10.9. The van der Waals surface area contributed by atoms with Crippen LogP contribution in [0.2, 0.25) is 0 Å². The summed E-state index contributed by atoms with van der Waals surface area (Å²) in [7, 11) is 5.57. The number of hydrazine groups is 1. The van der Waals surface area contributed by atoms with Crippen molar-refractivity contribution < 1.29 is 19.3 Å². The lowest BCUT2D eigenvalue weighted by Crippen LogP contribution is -2.47. The Bertz CT molecular complexity index is 1480. The van der Waals surface area contributed by atoms with Gasteiger partial charge in [-0.05, 0) is 46.4 Å². The molecule has 228 valence electrons. The maximum absolute atomic E-state index is 9.99. The average molecular weight is 581 g/mol. The quantitative estimate of drug-likeness (QED) is 0.432. The number of pyridine rings is 1. The summed E-state index contributed by atoms with van der Waals surface area (Å²) in [6, 6.07) is 2.10. The Hall–Kier alpha value is -3.29. The molecule has 2 aliphatic rings. The molecule has 2 aliphatic heterocycles. The molecule has 0 saturated carbocycles. The largest absolute Gasteiger partial charge is 0.473 e. The molecular weight excluding hydrogens is 536 g/mol. The molecule has 3 atom stereocenters. The molecule has 5 rings (SSSR count). The maximum Gasteiger partial charge on any atom is 0.221 e. The number of nitrogens with zero attached hydrogens (tertiary/aromatic N) is 7. The zero-order valence-electron chi connectivity index (χ0n) is 26.0. The van der Waals surface area contributed by atoms with Crippen LogP contribution in [0.3, 0.4) is 0 Å². The van der Waals surface area contributed by atoms with Crippen molar-refractivity contribution in [2.45, 2.75) is 59.6 Å². The Morgan fingerprint density at radius 2 is 1.98 bits per heavy atom. The van der Waals surface area contributed by atoms with Gasteiger partial charge in [-0.25, -0.2) is 4.68 Å². The molecule has 3 aromatic heterocycles. The molecule has 12 nitrogen and oxygen atoms in total. The fraction of sp³-hybridized carbons (Fsp3) is 0.567. The summed E-state index contributed by atoms with van der Waals surface area (Å²) in [6.07, 6.45) is 3.72. The van der Waals surface area contributed by atoms with E-state index < -0.39 is 0 Å². The van der Waals surface area contributed by atoms with Gasteiger partial charge in [0.2, 0.25) is 5.88 Å². The van der Waals surface area contributed by atoms with Crippen molar-refractivity contribution in [2.75, 3.05) is 47.0 Å². The average Bonchev–Trinajstić information content (AvgIpc) is 3.59. The number of hydrogen-bond acceptors (Lipinski definition) is 10. The number of aliphatic hydroxyl groups is 1. The summed E-state index contributed by atoms with van der Waals surface area (Å²) in [5, 5.41) is 27.8. The number of aliphatic hydroxyl groups excluding tert-OH is 1. The lowest BCUT2D eigenvalue weighted by molar-refractivity contribution is -0.0962. The van der Waals surface area contributed by atoms with Crippen LogP contribution in [-0.4, -0.2) is 110 Å². The van der Waals surface area contributed by atoms with Crippen molar-refractivity contribution >= 4 is 17.0 Å². The number of aryl methyl sites for hydroxylation is 2. The van der Waals surface area contributed by atoms with E-state index in [1.54, 1.807) is 11.8 Å². The van der Waals surface area contributed by atoms with E-state index in [-0.39, 0.29) is 25.0 Å². The SMILES string of the molecule is CCOC1C2=C(CN(CC)[C@H](C)[C@@H](C)Oc3c(c(COC)nn3C)-c3cc4c([nH]nc4c(C)n3)/C=C/2)N(CCO)N1C. The molecule has 42 heavy (non-hydrogen) atoms. The first-order valence-electron chi connectivity index (χ1n) is 14.7. The first-order valence-corrected chi connectivity index (χ1v) is 14.7. The second-order valence-corrected chi connectivity index (χ2v) is 10.9. The monoisotopic (exact) mass is 580 g/mol. The predicted octanol–water partition coefficient (Wildman–Crippen LogP) is 3.09. The summed E-state index contributed by atoms with van der Waals surface area (Å²) in [5.74, 6) is 0.651. The Labute approximate surface area is 247 Å². The smallest absolute Gasteiger partial charge is 0.221 e. The predicted molar refractivity (Wildman–Crippen MR) is 161 cm³/mol. The van der Waals surface area contributed by atoms with Crippen LogP contribution in [0.15, 0.2) is 23.4 Å². The number of likely N-dealkylation sites (N-methyl/N-ethyl adjacent to an activating group) is 2. The van der Waals surface area contributed by atoms with E-state index in [0.29, 0.717) is 32.2 Å². The summed E-state index contributed by atoms with van der Waals surface area (Å²) in [4.78, 5) is 7.35. The van der Waals surface area contributed by atoms with Gasteiger partial charge < -0.3 is 24.3 Å². The zero-order chi connectivity index (χ0) is 30.1. The first kappa shape index (κ1) is 30.2. The molecule has 3 aromatic rings. The summed E-state index contributed by atoms with van der Waals surface area (Å²) in [6.45, 7) is 13.3. The van der Waals surface area contributed by atoms with Crippen LogP contribution in [0.1, 0.15) is 44.8 Å². The molecule has 0 amide bonds. The fourth-order valence-corrected chi connectivity index (χ4v) is 6.02. The number of hydrogen-bond donors (Lipinski definition) is 2. The number of H-pyrrole nitrogens is 1. The van der Waals surface area contributed by atoms with E-state index in [1.807, 2.05) is 27.9 Å². The molecule has 12 heteroatoms. The molecule has 0 aromatic carbocycles. The molecule has 2 N–H and O–H groups in total. The highest BCUT2D eigenvalue weighted by Gasteiger charge is 2.37. The van der Waals surface area contributed by atoms with E-state index in [1.165, 1.54) is 0 Å². The van der Waals surface area contributed by atoms with Gasteiger partial charge in [-0.15, -0.1) is 0 Å². The molecular formula is C30H44N8O4. The van der Waals surface area contributed by atoms with Gasteiger partial charge in [-0.3, -0.25) is 15.0 Å². The van der Waals surface area contributed by atoms with Gasteiger partial charge in [0.1, 0.15) is 17.3 Å². The number of methoxy groups -OCH3 is 1. The molecule has 2 bridgehead atoms. The van der Waals surface area contributed by atoms with Gasteiger partial charge in [-0.1, -0.05) is 13.0 Å². The fourth-order valence-electron chi connectivity index (χ4n) is 6.02. The second kappa shape index (κ2) is 12.5. The number of aromatic nitrogens is 5. The molecule has 0 radical (unpaired) electrons. The summed E-state index contributed by atoms with van der Waals surface area (Å²) < 4.78 is 20.3. The number of ether oxygens (including phenoxy) is 3. The van der Waals surface area contributed by atoms with Gasteiger partial charge in [0.05, 0.1) is 48.1 Å². The van der Waals surface area contributed by atoms with Gasteiger partial charge in [-0.2, -0.15) is 15.2 Å². The summed E-state index contributed by atoms with van der Waals surface area (Å²) in [5.41, 5.74) is 6.96. The third-order valence-corrected chi connectivity index (χ3v) is 8.36. The van der Waals surface area contributed by atoms with Crippen molar-refractivity contribution in [3.05, 3.63) is 40.5 Å². The van der Waals surface area contributed by atoms with Crippen LogP contribution < -0.4 is 4.74 Å². The van der Waals surface area contributed by atoms with E-state index in [9.17, 15) is 5.11 Å². The number of nitrogens with one attached hydrogen (secondary N) is 1. The molecule has 5 heterocycles. The number of rotatable bonds is 7. The first-order chi connectivity index (χ1) is 20.2. The van der Waals surface area contributed by atoms with Crippen molar-refractivity contribution in [1.82, 2.24) is 39.9 Å². The lowest BCUT2D eigenvalue weighted by atomic mass is 10.1. The number of fused-ring (bicyclic) bond motifs is 3. The van der Waals surface area contributed by atoms with E-state index >= 15 is 0 Å². The van der Waals surface area contributed by atoms with Crippen LogP contribution >= 0.6 is 0 Å². The van der Waals surface area contributed by atoms with Crippen LogP contribution in [0, 0.1) is 6.92 Å². The van der Waals surface area contributed by atoms with Gasteiger partial charge in [0, 0.05) is 51.4 Å². The number of β-amino-alcohol motifs (C(OH)–C–C–N with tert-alkyl or cyclic N) is 1. The van der Waals surface area contributed by atoms with E-state index in [4.69, 9.17) is 24.3 Å². The van der Waals surface area contributed by atoms with Crippen LogP contribution in [0.5, 0.6) is 5.88 Å². The van der Waals surface area contributed by atoms with Crippen molar-refractivity contribution in [2.24, 2.45) is 7.05 Å². The van der Waals surface area contributed by atoms with Gasteiger partial charge >= 0.3 is 0 Å². The van der Waals surface area contributed by atoms with Crippen molar-refractivity contribution in [3.8, 4) is 17.1 Å². The molecule has 0 saturated heterocycles. The third kappa shape index (κ3) is 5.33. The van der Waals surface area contributed by atoms with Crippen LogP contribution in [0.25, 0.3) is 28.2 Å². The van der Waals surface area contributed by atoms with Crippen molar-refractivity contribution in [1.29, 1.82) is 0 Å². The Kier molecular flexibility index (Phi) is 9.00. The van der Waals surface area contributed by atoms with Gasteiger partial charge in [0.25, 0.3) is 0 Å². The lowest BCUT2D eigenvalue weighted by Gasteiger charge is -2.36. The minimum absolute atomic E-state index is 0.0260. The standard InChI is InChI=1S/C30H44N8O4/c1-9-37-16-26-21(29(41-10-2)36(7)38(26)13-14-39)11-12-23-22-15-24(31-18(3)28(22)33-32-23)27-25(17-40-8)34-35(6)30(27)42-20(5)19(37)4/h11-12,15,19-20,29,39H,9-10,13-14,16-17H2,1-8H3,(H,32,33)/b12-11+/t19-,20-,29?/m1/s1. The van der Waals surface area contributed by atoms with E-state index in [2.05, 4.69) is 64.1 Å². The zero-order valence-corrected chi connectivity index (χ0v) is 26.0. The topological polar surface area (TPSA) is 117 Å². The number of aromatic amines is 1. The van der Waals surface area contributed by atoms with Crippen molar-refractivity contribution in [3.63, 3.8) is 0 Å².